The van der Waals surface area contributed by atoms with Gasteiger partial charge in [0.15, 0.2) is 5.84 Å². The summed E-state index contributed by atoms with van der Waals surface area (Å²) in [5, 5.41) is 11.6. The van der Waals surface area contributed by atoms with Gasteiger partial charge in [0.05, 0.1) is 0 Å². The maximum atomic E-state index is 12.4. The van der Waals surface area contributed by atoms with Crippen LogP contribution in [0.2, 0.25) is 0 Å². The number of nitrogens with two attached hydrogens (primary N) is 1. The highest BCUT2D eigenvalue weighted by atomic mass is 16.4. The highest BCUT2D eigenvalue weighted by Crippen LogP contribution is 2.22. The number of carbonyl (C=O) groups excluding carboxylic acids is 1. The van der Waals surface area contributed by atoms with E-state index in [0.29, 0.717) is 11.1 Å². The van der Waals surface area contributed by atoms with Crippen LogP contribution >= 0.6 is 0 Å². The zero-order valence-corrected chi connectivity index (χ0v) is 12.5. The molecule has 1 aliphatic heterocycles. The van der Waals surface area contributed by atoms with E-state index in [2.05, 4.69) is 12.1 Å². The van der Waals surface area contributed by atoms with Crippen molar-refractivity contribution >= 4 is 11.7 Å². The van der Waals surface area contributed by atoms with Gasteiger partial charge in [0.2, 0.25) is 0 Å². The fraction of sp³-hybridized carbons (Fsp3) is 0.500. The minimum atomic E-state index is 0.0504. The van der Waals surface area contributed by atoms with Crippen LogP contribution in [0.3, 0.4) is 0 Å². The second-order valence-electron chi connectivity index (χ2n) is 5.59. The van der Waals surface area contributed by atoms with E-state index in [1.165, 1.54) is 12.8 Å². The quantitative estimate of drug-likeness (QED) is 0.387. The van der Waals surface area contributed by atoms with Gasteiger partial charge < -0.3 is 15.8 Å². The van der Waals surface area contributed by atoms with Gasteiger partial charge in [0.1, 0.15) is 0 Å². The first-order valence-electron chi connectivity index (χ1n) is 7.53. The Labute approximate surface area is 125 Å². The number of hydrogen-bond acceptors (Lipinski definition) is 3. The van der Waals surface area contributed by atoms with Crippen molar-refractivity contribution in [2.75, 3.05) is 13.1 Å². The van der Waals surface area contributed by atoms with Gasteiger partial charge in [-0.1, -0.05) is 37.1 Å². The predicted molar refractivity (Wildman–Crippen MR) is 82.5 cm³/mol. The van der Waals surface area contributed by atoms with Crippen LogP contribution in [0.1, 0.15) is 48.5 Å². The molecule has 1 aliphatic rings. The highest BCUT2D eigenvalue weighted by molar-refractivity contribution is 5.99. The topological polar surface area (TPSA) is 78.9 Å². The van der Waals surface area contributed by atoms with E-state index in [4.69, 9.17) is 10.9 Å². The number of likely N-dealkylation sites (tertiary alicyclic amines) is 1. The van der Waals surface area contributed by atoms with Crippen LogP contribution in [-0.4, -0.2) is 34.9 Å². The molecule has 1 fully saturated rings. The Hall–Kier alpha value is -2.04. The molecule has 0 radical (unpaired) electrons. The van der Waals surface area contributed by atoms with Crippen LogP contribution in [0.25, 0.3) is 0 Å². The lowest BCUT2D eigenvalue weighted by Crippen LogP contribution is -2.38. The van der Waals surface area contributed by atoms with Crippen molar-refractivity contribution in [2.24, 2.45) is 16.8 Å². The van der Waals surface area contributed by atoms with Crippen LogP contribution in [0.5, 0.6) is 0 Å². The average molecular weight is 289 g/mol. The number of amidine groups is 1. The van der Waals surface area contributed by atoms with Gasteiger partial charge >= 0.3 is 0 Å². The number of piperidine rings is 1. The molecule has 0 unspecified atom stereocenters. The molecule has 0 aromatic heterocycles. The van der Waals surface area contributed by atoms with Crippen LogP contribution < -0.4 is 5.73 Å². The van der Waals surface area contributed by atoms with E-state index in [1.54, 1.807) is 24.3 Å². The molecular formula is C16H23N3O2. The average Bonchev–Trinajstić information content (AvgIpc) is 2.54. The van der Waals surface area contributed by atoms with Gasteiger partial charge in [-0.05, 0) is 30.9 Å². The van der Waals surface area contributed by atoms with Gasteiger partial charge in [0, 0.05) is 24.2 Å². The standard InChI is InChI=1S/C16H23N3O2/c1-2-3-12-8-10-19(11-9-12)16(20)14-6-4-13(5-7-14)15(17)18-21/h4-7,12,21H,2-3,8-11H2,1H3,(H2,17,18). The molecule has 0 aliphatic carbocycles. The number of oxime groups is 1. The molecule has 1 heterocycles. The van der Waals surface area contributed by atoms with E-state index >= 15 is 0 Å². The van der Waals surface area contributed by atoms with Crippen molar-refractivity contribution in [1.29, 1.82) is 0 Å². The third-order valence-corrected chi connectivity index (χ3v) is 4.13. The molecule has 0 bridgehead atoms. The summed E-state index contributed by atoms with van der Waals surface area (Å²) in [5.74, 6) is 0.882. The molecule has 114 valence electrons. The molecular weight excluding hydrogens is 266 g/mol. The molecule has 5 heteroatoms. The van der Waals surface area contributed by atoms with E-state index < -0.39 is 0 Å². The van der Waals surface area contributed by atoms with Gasteiger partial charge in [-0.15, -0.1) is 0 Å². The molecule has 0 atom stereocenters. The van der Waals surface area contributed by atoms with E-state index in [9.17, 15) is 4.79 Å². The Bertz CT molecular complexity index is 503. The maximum absolute atomic E-state index is 12.4. The van der Waals surface area contributed by atoms with Crippen molar-refractivity contribution in [1.82, 2.24) is 4.90 Å². The Morgan fingerprint density at radius 3 is 2.38 bits per heavy atom. The van der Waals surface area contributed by atoms with Crippen LogP contribution in [0.4, 0.5) is 0 Å². The van der Waals surface area contributed by atoms with E-state index in [0.717, 1.165) is 31.8 Å². The van der Waals surface area contributed by atoms with Crippen molar-refractivity contribution in [3.05, 3.63) is 35.4 Å². The molecule has 0 saturated carbocycles. The Morgan fingerprint density at radius 2 is 1.86 bits per heavy atom. The Balaban J connectivity index is 1.98. The van der Waals surface area contributed by atoms with Gasteiger partial charge in [-0.3, -0.25) is 4.79 Å². The summed E-state index contributed by atoms with van der Waals surface area (Å²) < 4.78 is 0. The zero-order chi connectivity index (χ0) is 15.2. The minimum Gasteiger partial charge on any atom is -0.409 e. The molecule has 21 heavy (non-hydrogen) atoms. The van der Waals surface area contributed by atoms with Crippen molar-refractivity contribution in [3.63, 3.8) is 0 Å². The van der Waals surface area contributed by atoms with Crippen molar-refractivity contribution < 1.29 is 10.0 Å². The van der Waals surface area contributed by atoms with Crippen molar-refractivity contribution in [2.45, 2.75) is 32.6 Å². The lowest BCUT2D eigenvalue weighted by Gasteiger charge is -2.32. The summed E-state index contributed by atoms with van der Waals surface area (Å²) in [6, 6.07) is 6.86. The minimum absolute atomic E-state index is 0.0504. The Morgan fingerprint density at radius 1 is 1.29 bits per heavy atom. The van der Waals surface area contributed by atoms with Gasteiger partial charge in [0.25, 0.3) is 5.91 Å². The maximum Gasteiger partial charge on any atom is 0.253 e. The first-order valence-corrected chi connectivity index (χ1v) is 7.53. The number of nitrogens with zero attached hydrogens (tertiary/aromatic N) is 2. The van der Waals surface area contributed by atoms with E-state index in [-0.39, 0.29) is 11.7 Å². The molecule has 5 nitrogen and oxygen atoms in total. The summed E-state index contributed by atoms with van der Waals surface area (Å²) in [6.45, 7) is 3.89. The second-order valence-corrected chi connectivity index (χ2v) is 5.59. The van der Waals surface area contributed by atoms with E-state index in [1.807, 2.05) is 4.90 Å². The van der Waals surface area contributed by atoms with Crippen LogP contribution in [0, 0.1) is 5.92 Å². The molecule has 2 rings (SSSR count). The predicted octanol–water partition coefficient (Wildman–Crippen LogP) is 2.43. The summed E-state index contributed by atoms with van der Waals surface area (Å²) in [7, 11) is 0. The lowest BCUT2D eigenvalue weighted by molar-refractivity contribution is 0.0686. The third kappa shape index (κ3) is 3.74. The zero-order valence-electron chi connectivity index (χ0n) is 12.5. The highest BCUT2D eigenvalue weighted by Gasteiger charge is 2.23. The normalized spacial score (nSPS) is 17.0. The largest absolute Gasteiger partial charge is 0.409 e. The molecule has 0 spiro atoms. The van der Waals surface area contributed by atoms with Crippen LogP contribution in [0.15, 0.2) is 29.4 Å². The molecule has 1 amide bonds. The monoisotopic (exact) mass is 289 g/mol. The number of benzene rings is 1. The van der Waals surface area contributed by atoms with Gasteiger partial charge in [-0.2, -0.15) is 0 Å². The third-order valence-electron chi connectivity index (χ3n) is 4.13. The number of rotatable bonds is 4. The second kappa shape index (κ2) is 7.11. The summed E-state index contributed by atoms with van der Waals surface area (Å²) >= 11 is 0. The molecule has 1 saturated heterocycles. The fourth-order valence-corrected chi connectivity index (χ4v) is 2.86. The van der Waals surface area contributed by atoms with Gasteiger partial charge in [-0.25, -0.2) is 0 Å². The molecule has 1 aromatic carbocycles. The Kier molecular flexibility index (Phi) is 5.20. The summed E-state index contributed by atoms with van der Waals surface area (Å²) in [5.41, 5.74) is 6.77. The molecule has 3 N–H and O–H groups in total. The fourth-order valence-electron chi connectivity index (χ4n) is 2.86. The van der Waals surface area contributed by atoms with Crippen LogP contribution in [-0.2, 0) is 0 Å². The molecule has 1 aromatic rings. The smallest absolute Gasteiger partial charge is 0.253 e. The number of hydrogen-bond donors (Lipinski definition) is 2. The van der Waals surface area contributed by atoms with Crippen molar-refractivity contribution in [3.8, 4) is 0 Å². The summed E-state index contributed by atoms with van der Waals surface area (Å²) in [4.78, 5) is 14.4. The SMILES string of the molecule is CCCC1CCN(C(=O)c2ccc(C(N)=NO)cc2)CC1. The first kappa shape index (κ1) is 15.4. The number of carbonyl (C=O) groups is 1. The lowest BCUT2D eigenvalue weighted by atomic mass is 9.92. The summed E-state index contributed by atoms with van der Waals surface area (Å²) in [6.07, 6.45) is 4.67. The number of amides is 1. The first-order chi connectivity index (χ1) is 10.2.